The summed E-state index contributed by atoms with van der Waals surface area (Å²) in [5, 5.41) is 41.8. The number of benzene rings is 2. The van der Waals surface area contributed by atoms with Gasteiger partial charge in [0.05, 0.1) is 13.5 Å². The summed E-state index contributed by atoms with van der Waals surface area (Å²) in [4.78, 5) is 58.7. The smallest absolute Gasteiger partial charge is 0.326 e. The number of hydrogen-bond donors (Lipinski definition) is 7. The Morgan fingerprint density at radius 1 is 0.979 bits per heavy atom. The van der Waals surface area contributed by atoms with E-state index in [9.17, 15) is 39.3 Å². The number of methoxy groups -OCH3 is 1. The molecule has 14 heteroatoms. The van der Waals surface area contributed by atoms with Gasteiger partial charge < -0.3 is 41.5 Å². The first kappa shape index (κ1) is 41.7. The topological polar surface area (TPSA) is 226 Å². The highest BCUT2D eigenvalue weighted by Crippen LogP contribution is 2.28. The number of carboxylic acids is 2. The van der Waals surface area contributed by atoms with Crippen LogP contribution in [0.25, 0.3) is 0 Å². The number of carboxylic acid groups (broad SMARTS) is 2. The van der Waals surface area contributed by atoms with Crippen molar-refractivity contribution >= 4 is 41.8 Å². The average Bonchev–Trinajstić information content (AvgIpc) is 3.02. The Morgan fingerprint density at radius 2 is 1.65 bits per heavy atom. The number of carbonyl (C=O) groups excluding carboxylic acids is 3. The highest BCUT2D eigenvalue weighted by atomic mass is 32.2. The van der Waals surface area contributed by atoms with Gasteiger partial charge in [-0.3, -0.25) is 19.2 Å². The summed E-state index contributed by atoms with van der Waals surface area (Å²) in [7, 11) is 1.46. The highest BCUT2D eigenvalue weighted by molar-refractivity contribution is 8.00. The van der Waals surface area contributed by atoms with Crippen molar-refractivity contribution in [2.75, 3.05) is 12.9 Å². The maximum Gasteiger partial charge on any atom is 0.326 e. The molecule has 0 saturated heterocycles. The van der Waals surface area contributed by atoms with E-state index in [0.29, 0.717) is 37.0 Å². The first-order valence-corrected chi connectivity index (χ1v) is 16.8. The number of rotatable bonds is 22. The Bertz CT molecular complexity index is 1310. The SMILES string of the molecule is CC(N)CC(=O)O.CCCCCC(CC(=O)CCc1ccc(O)c(OC)c1)SCC(NC=O)C(=O)NC(Cc1ccc(O)cc1)C(=O)O. The number of carbonyl (C=O) groups is 5. The molecule has 2 aromatic rings. The Morgan fingerprint density at radius 3 is 2.19 bits per heavy atom. The predicted molar refractivity (Wildman–Crippen MR) is 183 cm³/mol. The van der Waals surface area contributed by atoms with Crippen molar-refractivity contribution in [2.24, 2.45) is 5.73 Å². The van der Waals surface area contributed by atoms with Gasteiger partial charge >= 0.3 is 11.9 Å². The molecule has 0 spiro atoms. The second-order valence-corrected chi connectivity index (χ2v) is 12.7. The number of amides is 2. The molecule has 13 nitrogen and oxygen atoms in total. The molecule has 0 bridgehead atoms. The molecule has 0 heterocycles. The molecule has 0 fully saturated rings. The van der Waals surface area contributed by atoms with Crippen molar-refractivity contribution in [3.63, 3.8) is 0 Å². The Kier molecular flexibility index (Phi) is 20.1. The van der Waals surface area contributed by atoms with E-state index in [2.05, 4.69) is 17.6 Å². The number of nitrogens with two attached hydrogens (primary N) is 1. The number of aromatic hydroxyl groups is 2. The molecule has 4 unspecified atom stereocenters. The second kappa shape index (κ2) is 23.1. The molecule has 0 aromatic heterocycles. The van der Waals surface area contributed by atoms with E-state index in [4.69, 9.17) is 15.6 Å². The molecule has 4 atom stereocenters. The van der Waals surface area contributed by atoms with Crippen molar-refractivity contribution in [3.8, 4) is 17.2 Å². The van der Waals surface area contributed by atoms with Gasteiger partial charge in [0, 0.05) is 36.3 Å². The van der Waals surface area contributed by atoms with Gasteiger partial charge in [-0.25, -0.2) is 4.79 Å². The number of ether oxygens (including phenoxy) is 1. The largest absolute Gasteiger partial charge is 0.508 e. The van der Waals surface area contributed by atoms with Gasteiger partial charge in [-0.2, -0.15) is 11.8 Å². The van der Waals surface area contributed by atoms with E-state index in [0.717, 1.165) is 31.2 Å². The lowest BCUT2D eigenvalue weighted by atomic mass is 10.0. The third kappa shape index (κ3) is 17.6. The van der Waals surface area contributed by atoms with Crippen LogP contribution in [0.3, 0.4) is 0 Å². The van der Waals surface area contributed by atoms with Crippen molar-refractivity contribution < 1.29 is 49.1 Å². The van der Waals surface area contributed by atoms with Gasteiger partial charge in [-0.05, 0) is 55.2 Å². The average molecular weight is 692 g/mol. The number of phenols is 2. The molecule has 0 saturated carbocycles. The lowest BCUT2D eigenvalue weighted by Crippen LogP contribution is -2.51. The summed E-state index contributed by atoms with van der Waals surface area (Å²) >= 11 is 1.42. The minimum absolute atomic E-state index is 0.00333. The molecule has 266 valence electrons. The zero-order chi connectivity index (χ0) is 36.1. The third-order valence-corrected chi connectivity index (χ3v) is 8.49. The van der Waals surface area contributed by atoms with Crippen LogP contribution in [0.4, 0.5) is 0 Å². The Balaban J connectivity index is 0.00000148. The third-order valence-electron chi connectivity index (χ3n) is 7.09. The summed E-state index contributed by atoms with van der Waals surface area (Å²) in [5.74, 6) is -2.02. The monoisotopic (exact) mass is 691 g/mol. The zero-order valence-corrected chi connectivity index (χ0v) is 28.5. The van der Waals surface area contributed by atoms with Crippen molar-refractivity contribution in [3.05, 3.63) is 53.6 Å². The molecule has 0 radical (unpaired) electrons. The van der Waals surface area contributed by atoms with Gasteiger partial charge in [-0.1, -0.05) is 44.4 Å². The molecular weight excluding hydrogens is 642 g/mol. The van der Waals surface area contributed by atoms with Gasteiger partial charge in [0.15, 0.2) is 11.5 Å². The van der Waals surface area contributed by atoms with Crippen LogP contribution in [0.2, 0.25) is 0 Å². The lowest BCUT2D eigenvalue weighted by molar-refractivity contribution is -0.142. The molecule has 48 heavy (non-hydrogen) atoms. The number of aryl methyl sites for hydroxylation is 1. The number of unbranched alkanes of at least 4 members (excludes halogenated alkanes) is 2. The molecule has 2 rings (SSSR count). The molecule has 0 aliphatic heterocycles. The van der Waals surface area contributed by atoms with Crippen LogP contribution in [0.15, 0.2) is 42.5 Å². The predicted octanol–water partition coefficient (Wildman–Crippen LogP) is 3.42. The van der Waals surface area contributed by atoms with Crippen molar-refractivity contribution in [1.82, 2.24) is 10.6 Å². The van der Waals surface area contributed by atoms with Gasteiger partial charge in [0.25, 0.3) is 0 Å². The fourth-order valence-electron chi connectivity index (χ4n) is 4.51. The fraction of sp³-hybridized carbons (Fsp3) is 0.500. The highest BCUT2D eigenvalue weighted by Gasteiger charge is 2.27. The Labute approximate surface area is 285 Å². The van der Waals surface area contributed by atoms with E-state index < -0.39 is 29.9 Å². The van der Waals surface area contributed by atoms with Gasteiger partial charge in [0.2, 0.25) is 12.3 Å². The van der Waals surface area contributed by atoms with Crippen LogP contribution in [-0.4, -0.2) is 86.7 Å². The van der Waals surface area contributed by atoms with Crippen LogP contribution in [0.1, 0.15) is 69.9 Å². The van der Waals surface area contributed by atoms with Crippen molar-refractivity contribution in [1.29, 1.82) is 0 Å². The van der Waals surface area contributed by atoms with Crippen LogP contribution in [-0.2, 0) is 36.8 Å². The number of ketones is 1. The number of thioether (sulfide) groups is 1. The van der Waals surface area contributed by atoms with Gasteiger partial charge in [0.1, 0.15) is 23.6 Å². The summed E-state index contributed by atoms with van der Waals surface area (Å²) in [6.07, 6.45) is 5.29. The van der Waals surface area contributed by atoms with E-state index >= 15 is 0 Å². The van der Waals surface area contributed by atoms with Crippen LogP contribution in [0, 0.1) is 0 Å². The Hall–Kier alpha value is -4.30. The first-order valence-electron chi connectivity index (χ1n) is 15.8. The van der Waals surface area contributed by atoms with Crippen LogP contribution < -0.4 is 21.1 Å². The minimum Gasteiger partial charge on any atom is -0.508 e. The zero-order valence-electron chi connectivity index (χ0n) is 27.7. The minimum atomic E-state index is -1.23. The second-order valence-electron chi connectivity index (χ2n) is 11.4. The number of aliphatic carboxylic acids is 2. The number of Topliss-reactive ketones (excluding diaryl/α,β-unsaturated/α-hetero) is 1. The summed E-state index contributed by atoms with van der Waals surface area (Å²) in [6, 6.07) is 8.58. The molecule has 0 aliphatic rings. The molecule has 2 amide bonds. The maximum absolute atomic E-state index is 13.0. The quantitative estimate of drug-likeness (QED) is 0.0697. The number of nitrogens with one attached hydrogen (secondary N) is 2. The summed E-state index contributed by atoms with van der Waals surface area (Å²) in [5.41, 5.74) is 6.60. The molecule has 8 N–H and O–H groups in total. The van der Waals surface area contributed by atoms with E-state index in [1.807, 2.05) is 0 Å². The molecule has 2 aromatic carbocycles. The summed E-state index contributed by atoms with van der Waals surface area (Å²) in [6.45, 7) is 3.75. The number of hydrogen-bond acceptors (Lipinski definition) is 10. The van der Waals surface area contributed by atoms with Gasteiger partial charge in [-0.15, -0.1) is 0 Å². The van der Waals surface area contributed by atoms with E-state index in [-0.39, 0.29) is 47.2 Å². The standard InChI is InChI=1S/C30H40N2O8S.C4H9NO2/c1-3-4-5-6-24(17-23(35)13-9-21-10-14-27(36)28(16-21)40-2)41-18-26(31-19-33)29(37)32-25(30(38)39)15-20-7-11-22(34)12-8-20;1-3(5)2-4(6)7/h7-8,10-12,14,16,19,24-26,34,36H,3-6,9,13,15,17-18H2,1-2H3,(H,31,33)(H,32,37)(H,38,39);3H,2,5H2,1H3,(H,6,7). The number of phenolic OH excluding ortho intramolecular Hbond substituents is 2. The van der Waals surface area contributed by atoms with E-state index in [1.54, 1.807) is 31.2 Å². The maximum atomic E-state index is 13.0. The lowest BCUT2D eigenvalue weighted by Gasteiger charge is -2.22. The van der Waals surface area contributed by atoms with Crippen LogP contribution >= 0.6 is 11.8 Å². The van der Waals surface area contributed by atoms with Crippen molar-refractivity contribution in [2.45, 2.75) is 95.0 Å². The summed E-state index contributed by atoms with van der Waals surface area (Å²) < 4.78 is 5.13. The fourth-order valence-corrected chi connectivity index (χ4v) is 5.86. The van der Waals surface area contributed by atoms with E-state index in [1.165, 1.54) is 37.1 Å². The molecule has 0 aliphatic carbocycles. The van der Waals surface area contributed by atoms with Crippen LogP contribution in [0.5, 0.6) is 17.2 Å². The normalized spacial score (nSPS) is 13.1. The first-order chi connectivity index (χ1) is 22.8. The molecular formula is C34H49N3O10S.